The van der Waals surface area contributed by atoms with Crippen molar-refractivity contribution in [2.75, 3.05) is 27.2 Å². The van der Waals surface area contributed by atoms with Crippen LogP contribution in [-0.2, 0) is 9.53 Å². The van der Waals surface area contributed by atoms with E-state index in [1.165, 1.54) is 50.5 Å². The molecule has 3 fully saturated rings. The zero-order chi connectivity index (χ0) is 18.3. The highest BCUT2D eigenvalue weighted by Crippen LogP contribution is 2.63. The molecule has 0 saturated heterocycles. The summed E-state index contributed by atoms with van der Waals surface area (Å²) in [7, 11) is 4.26. The van der Waals surface area contributed by atoms with Gasteiger partial charge in [-0.1, -0.05) is 12.5 Å². The van der Waals surface area contributed by atoms with Crippen molar-refractivity contribution in [2.45, 2.75) is 70.8 Å². The molecule has 0 radical (unpaired) electrons. The number of hydrogen-bond donors (Lipinski definition) is 0. The number of rotatable bonds is 5. The van der Waals surface area contributed by atoms with Gasteiger partial charge < -0.3 is 9.64 Å². The summed E-state index contributed by atoms with van der Waals surface area (Å²) in [5.41, 5.74) is 1.93. The zero-order valence-electron chi connectivity index (χ0n) is 17.0. The Morgan fingerprint density at radius 1 is 1.12 bits per heavy atom. The fourth-order valence-corrected chi connectivity index (χ4v) is 7.24. The predicted octanol–water partition coefficient (Wildman–Crippen LogP) is 4.47. The van der Waals surface area contributed by atoms with Crippen molar-refractivity contribution < 1.29 is 9.53 Å². The summed E-state index contributed by atoms with van der Waals surface area (Å²) in [5, 5.41) is 0. The maximum Gasteiger partial charge on any atom is 0.155 e. The van der Waals surface area contributed by atoms with Crippen molar-refractivity contribution >= 4 is 5.78 Å². The molecule has 1 unspecified atom stereocenters. The smallest absolute Gasteiger partial charge is 0.155 e. The molecule has 0 heterocycles. The fraction of sp³-hybridized carbons (Fsp3) is 0.870. The minimum Gasteiger partial charge on any atom is -0.376 e. The Labute approximate surface area is 159 Å². The Bertz CT molecular complexity index is 569. The summed E-state index contributed by atoms with van der Waals surface area (Å²) >= 11 is 0. The van der Waals surface area contributed by atoms with Crippen molar-refractivity contribution in [2.24, 2.45) is 29.1 Å². The number of carbonyl (C=O) groups excluding carboxylic acids is 1. The van der Waals surface area contributed by atoms with E-state index < -0.39 is 0 Å². The fourth-order valence-electron chi connectivity index (χ4n) is 7.24. The third kappa shape index (κ3) is 3.09. The van der Waals surface area contributed by atoms with Crippen molar-refractivity contribution in [1.82, 2.24) is 4.90 Å². The molecule has 0 amide bonds. The second-order valence-corrected chi connectivity index (χ2v) is 9.67. The lowest BCUT2D eigenvalue weighted by Gasteiger charge is -2.54. The molecule has 3 nitrogen and oxygen atoms in total. The molecule has 0 aromatic carbocycles. The van der Waals surface area contributed by atoms with Crippen LogP contribution in [0.15, 0.2) is 11.6 Å². The molecular formula is C23H37NO2. The second-order valence-electron chi connectivity index (χ2n) is 9.67. The first-order valence-corrected chi connectivity index (χ1v) is 11.0. The van der Waals surface area contributed by atoms with Crippen LogP contribution >= 0.6 is 0 Å². The minimum absolute atomic E-state index is 0.378. The maximum absolute atomic E-state index is 11.9. The van der Waals surface area contributed by atoms with Crippen LogP contribution in [0, 0.1) is 29.1 Å². The molecule has 0 bridgehead atoms. The third-order valence-corrected chi connectivity index (χ3v) is 8.45. The van der Waals surface area contributed by atoms with E-state index in [2.05, 4.69) is 25.9 Å². The molecule has 0 N–H and O–H groups in total. The molecule has 146 valence electrons. The van der Waals surface area contributed by atoms with E-state index >= 15 is 0 Å². The van der Waals surface area contributed by atoms with E-state index in [1.807, 2.05) is 6.08 Å². The Hall–Kier alpha value is -0.670. The summed E-state index contributed by atoms with van der Waals surface area (Å²) in [6, 6.07) is 0. The van der Waals surface area contributed by atoms with Gasteiger partial charge in [0.2, 0.25) is 0 Å². The van der Waals surface area contributed by atoms with Gasteiger partial charge in [0, 0.05) is 13.0 Å². The number of fused-ring (bicyclic) bond motifs is 5. The first-order chi connectivity index (χ1) is 12.5. The third-order valence-electron chi connectivity index (χ3n) is 8.45. The average molecular weight is 360 g/mol. The van der Waals surface area contributed by atoms with E-state index in [9.17, 15) is 4.79 Å². The van der Waals surface area contributed by atoms with Crippen LogP contribution in [0.2, 0.25) is 0 Å². The highest BCUT2D eigenvalue weighted by Gasteiger charge is 2.58. The lowest BCUT2D eigenvalue weighted by molar-refractivity contribution is -0.116. The van der Waals surface area contributed by atoms with Gasteiger partial charge in [0.05, 0.1) is 12.7 Å². The quantitative estimate of drug-likeness (QED) is 0.725. The molecule has 3 heteroatoms. The highest BCUT2D eigenvalue weighted by atomic mass is 16.5. The van der Waals surface area contributed by atoms with Crippen molar-refractivity contribution in [3.8, 4) is 0 Å². The van der Waals surface area contributed by atoms with Gasteiger partial charge in [0.15, 0.2) is 5.78 Å². The number of carbonyl (C=O) groups is 1. The van der Waals surface area contributed by atoms with Crippen molar-refractivity contribution in [3.05, 3.63) is 11.6 Å². The lowest BCUT2D eigenvalue weighted by atomic mass is 9.51. The number of likely N-dealkylation sites (N-methyl/N-ethyl adjacent to an activating group) is 1. The molecule has 26 heavy (non-hydrogen) atoms. The topological polar surface area (TPSA) is 29.5 Å². The Kier molecular flexibility index (Phi) is 5.31. The van der Waals surface area contributed by atoms with Gasteiger partial charge in [-0.2, -0.15) is 0 Å². The predicted molar refractivity (Wildman–Crippen MR) is 105 cm³/mol. The number of ketones is 1. The van der Waals surface area contributed by atoms with E-state index in [4.69, 9.17) is 4.74 Å². The molecular weight excluding hydrogens is 322 g/mol. The van der Waals surface area contributed by atoms with Crippen LogP contribution in [-0.4, -0.2) is 44.0 Å². The summed E-state index contributed by atoms with van der Waals surface area (Å²) in [4.78, 5) is 14.1. The summed E-state index contributed by atoms with van der Waals surface area (Å²) in [6.07, 6.45) is 13.5. The molecule has 4 aliphatic carbocycles. The molecule has 0 aromatic heterocycles. The number of nitrogens with zero attached hydrogens (tertiary/aromatic N) is 1. The molecule has 0 aromatic rings. The first kappa shape index (κ1) is 18.7. The van der Waals surface area contributed by atoms with Gasteiger partial charge in [-0.25, -0.2) is 0 Å². The van der Waals surface area contributed by atoms with E-state index in [-0.39, 0.29) is 0 Å². The molecule has 6 atom stereocenters. The summed E-state index contributed by atoms with van der Waals surface area (Å²) in [6.45, 7) is 4.31. The number of hydrogen-bond acceptors (Lipinski definition) is 3. The van der Waals surface area contributed by atoms with Gasteiger partial charge in [0.25, 0.3) is 0 Å². The summed E-state index contributed by atoms with van der Waals surface area (Å²) < 4.78 is 6.48. The Balaban J connectivity index is 1.50. The SMILES string of the molecule is CCC12CC[C@H]3[C@@H](CCC4=CC(=O)CC[C@@H]43)[C@@H]1CC[C@@H]2OCCN(C)C. The highest BCUT2D eigenvalue weighted by molar-refractivity contribution is 5.91. The average Bonchev–Trinajstić information content (AvgIpc) is 3.00. The van der Waals surface area contributed by atoms with Crippen LogP contribution in [0.5, 0.6) is 0 Å². The van der Waals surface area contributed by atoms with E-state index in [1.54, 1.807) is 0 Å². The lowest BCUT2D eigenvalue weighted by Crippen LogP contribution is -2.49. The molecule has 0 aliphatic heterocycles. The molecule has 0 spiro atoms. The van der Waals surface area contributed by atoms with Crippen LogP contribution in [0.4, 0.5) is 0 Å². The zero-order valence-corrected chi connectivity index (χ0v) is 17.0. The van der Waals surface area contributed by atoms with Gasteiger partial charge in [-0.3, -0.25) is 4.79 Å². The van der Waals surface area contributed by atoms with Gasteiger partial charge in [0.1, 0.15) is 0 Å². The standard InChI is InChI=1S/C23H37NO2/c1-4-23-12-11-19-18-8-6-17(25)15-16(18)5-7-20(19)21(23)9-10-22(23)26-14-13-24(2)3/h15,18-22H,4-14H2,1-3H3/t18-,19+,20+,21-,22-,23?/m0/s1. The van der Waals surface area contributed by atoms with Crippen LogP contribution in [0.3, 0.4) is 0 Å². The van der Waals surface area contributed by atoms with E-state index in [0.29, 0.717) is 17.3 Å². The number of allylic oxidation sites excluding steroid dienone is 1. The largest absolute Gasteiger partial charge is 0.376 e. The van der Waals surface area contributed by atoms with E-state index in [0.717, 1.165) is 49.7 Å². The Morgan fingerprint density at radius 3 is 2.73 bits per heavy atom. The van der Waals surface area contributed by atoms with Gasteiger partial charge in [-0.05, 0) is 101 Å². The molecule has 4 rings (SSSR count). The van der Waals surface area contributed by atoms with Gasteiger partial charge in [-0.15, -0.1) is 0 Å². The van der Waals surface area contributed by atoms with Crippen molar-refractivity contribution in [3.63, 3.8) is 0 Å². The normalized spacial score (nSPS) is 42.2. The Morgan fingerprint density at radius 2 is 1.96 bits per heavy atom. The van der Waals surface area contributed by atoms with Crippen LogP contribution < -0.4 is 0 Å². The maximum atomic E-state index is 11.9. The summed E-state index contributed by atoms with van der Waals surface area (Å²) in [5.74, 6) is 3.67. The van der Waals surface area contributed by atoms with Crippen LogP contribution in [0.1, 0.15) is 64.7 Å². The number of ether oxygens (including phenoxy) is 1. The molecule has 3 saturated carbocycles. The molecule has 4 aliphatic rings. The van der Waals surface area contributed by atoms with Crippen molar-refractivity contribution in [1.29, 1.82) is 0 Å². The van der Waals surface area contributed by atoms with Crippen LogP contribution in [0.25, 0.3) is 0 Å². The second kappa shape index (κ2) is 7.39. The monoisotopic (exact) mass is 359 g/mol. The van der Waals surface area contributed by atoms with Gasteiger partial charge >= 0.3 is 0 Å². The first-order valence-electron chi connectivity index (χ1n) is 11.0. The minimum atomic E-state index is 0.378.